The molecule has 7 heteroatoms. The number of sulfonamides is 1. The van der Waals surface area contributed by atoms with Crippen LogP contribution >= 0.6 is 0 Å². The minimum atomic E-state index is -3.10. The molecular weight excluding hydrogens is 324 g/mol. The molecule has 1 aliphatic rings. The summed E-state index contributed by atoms with van der Waals surface area (Å²) in [6.07, 6.45) is 5.98. The quantitative estimate of drug-likeness (QED) is 0.820. The molecule has 0 spiro atoms. The van der Waals surface area contributed by atoms with Crippen molar-refractivity contribution >= 4 is 10.0 Å². The molecule has 1 aliphatic heterocycles. The standard InChI is InChI=1S/C17H24N4O2S/c1-24(22,23)21-10-5-9-19(12-13-21)15-17-18-8-11-20(17)14-16-6-3-2-4-7-16/h2-4,6-8,11H,5,9-10,12-15H2,1H3. The van der Waals surface area contributed by atoms with Crippen LogP contribution in [0.2, 0.25) is 0 Å². The molecule has 2 aromatic rings. The number of nitrogens with zero attached hydrogens (tertiary/aromatic N) is 4. The molecule has 0 aliphatic carbocycles. The van der Waals surface area contributed by atoms with Crippen molar-refractivity contribution in [3.8, 4) is 0 Å². The van der Waals surface area contributed by atoms with Gasteiger partial charge in [0, 0.05) is 38.6 Å². The smallest absolute Gasteiger partial charge is 0.211 e. The summed E-state index contributed by atoms with van der Waals surface area (Å²) in [5, 5.41) is 0. The molecule has 0 atom stereocenters. The fourth-order valence-corrected chi connectivity index (χ4v) is 3.93. The van der Waals surface area contributed by atoms with Gasteiger partial charge in [-0.25, -0.2) is 17.7 Å². The van der Waals surface area contributed by atoms with Gasteiger partial charge in [0.2, 0.25) is 10.0 Å². The minimum Gasteiger partial charge on any atom is -0.329 e. The van der Waals surface area contributed by atoms with Gasteiger partial charge in [-0.15, -0.1) is 0 Å². The molecule has 1 fully saturated rings. The maximum atomic E-state index is 11.7. The molecule has 0 saturated carbocycles. The highest BCUT2D eigenvalue weighted by molar-refractivity contribution is 7.88. The first-order valence-corrected chi connectivity index (χ1v) is 10.1. The van der Waals surface area contributed by atoms with Crippen molar-refractivity contribution < 1.29 is 8.42 Å². The SMILES string of the molecule is CS(=O)(=O)N1CCCN(Cc2nccn2Cc2ccccc2)CC1. The van der Waals surface area contributed by atoms with Crippen LogP contribution in [0.15, 0.2) is 42.7 Å². The Morgan fingerprint density at radius 2 is 1.83 bits per heavy atom. The lowest BCUT2D eigenvalue weighted by Crippen LogP contribution is -2.34. The van der Waals surface area contributed by atoms with Crippen molar-refractivity contribution in [1.29, 1.82) is 0 Å². The Kier molecular flexibility index (Phi) is 5.33. The van der Waals surface area contributed by atoms with E-state index in [4.69, 9.17) is 0 Å². The zero-order valence-electron chi connectivity index (χ0n) is 14.0. The minimum absolute atomic E-state index is 0.554. The van der Waals surface area contributed by atoms with Gasteiger partial charge in [-0.05, 0) is 18.5 Å². The van der Waals surface area contributed by atoms with Crippen LogP contribution in [0.4, 0.5) is 0 Å². The van der Waals surface area contributed by atoms with Crippen molar-refractivity contribution in [3.63, 3.8) is 0 Å². The van der Waals surface area contributed by atoms with Crippen LogP contribution < -0.4 is 0 Å². The Morgan fingerprint density at radius 3 is 2.58 bits per heavy atom. The molecule has 2 heterocycles. The zero-order valence-corrected chi connectivity index (χ0v) is 14.8. The summed E-state index contributed by atoms with van der Waals surface area (Å²) in [7, 11) is -3.10. The molecule has 6 nitrogen and oxygen atoms in total. The summed E-state index contributed by atoms with van der Waals surface area (Å²) in [4.78, 5) is 6.78. The summed E-state index contributed by atoms with van der Waals surface area (Å²) in [5.41, 5.74) is 1.25. The van der Waals surface area contributed by atoms with E-state index < -0.39 is 10.0 Å². The average Bonchev–Trinajstić information content (AvgIpc) is 2.82. The summed E-state index contributed by atoms with van der Waals surface area (Å²) in [6, 6.07) is 10.3. The second-order valence-corrected chi connectivity index (χ2v) is 8.23. The molecule has 1 aromatic carbocycles. The van der Waals surface area contributed by atoms with E-state index in [1.807, 2.05) is 30.6 Å². The van der Waals surface area contributed by atoms with Crippen molar-refractivity contribution in [1.82, 2.24) is 18.8 Å². The Bertz CT molecular complexity index is 758. The van der Waals surface area contributed by atoms with E-state index in [1.54, 1.807) is 4.31 Å². The number of aromatic nitrogens is 2. The van der Waals surface area contributed by atoms with E-state index in [0.29, 0.717) is 13.1 Å². The number of imidazole rings is 1. The zero-order chi connectivity index (χ0) is 17.0. The topological polar surface area (TPSA) is 58.4 Å². The lowest BCUT2D eigenvalue weighted by molar-refractivity contribution is 0.268. The first-order chi connectivity index (χ1) is 11.5. The van der Waals surface area contributed by atoms with Gasteiger partial charge in [-0.1, -0.05) is 30.3 Å². The highest BCUT2D eigenvalue weighted by Gasteiger charge is 2.22. The Labute approximate surface area is 143 Å². The molecule has 1 saturated heterocycles. The van der Waals surface area contributed by atoms with Crippen LogP contribution in [0.3, 0.4) is 0 Å². The van der Waals surface area contributed by atoms with E-state index in [-0.39, 0.29) is 0 Å². The third-order valence-electron chi connectivity index (χ3n) is 4.38. The first-order valence-electron chi connectivity index (χ1n) is 8.24. The van der Waals surface area contributed by atoms with Gasteiger partial charge in [0.05, 0.1) is 12.8 Å². The first kappa shape index (κ1) is 17.1. The predicted molar refractivity (Wildman–Crippen MR) is 94.1 cm³/mol. The van der Waals surface area contributed by atoms with Gasteiger partial charge >= 0.3 is 0 Å². The monoisotopic (exact) mass is 348 g/mol. The van der Waals surface area contributed by atoms with Gasteiger partial charge < -0.3 is 4.57 Å². The largest absolute Gasteiger partial charge is 0.329 e. The van der Waals surface area contributed by atoms with Crippen molar-refractivity contribution in [2.24, 2.45) is 0 Å². The van der Waals surface area contributed by atoms with Gasteiger partial charge in [0.1, 0.15) is 5.82 Å². The average molecular weight is 348 g/mol. The van der Waals surface area contributed by atoms with Crippen LogP contribution in [0.5, 0.6) is 0 Å². The van der Waals surface area contributed by atoms with Gasteiger partial charge in [-0.2, -0.15) is 0 Å². The molecule has 0 bridgehead atoms. The van der Waals surface area contributed by atoms with Crippen LogP contribution in [0.25, 0.3) is 0 Å². The van der Waals surface area contributed by atoms with Crippen molar-refractivity contribution in [2.75, 3.05) is 32.4 Å². The lowest BCUT2D eigenvalue weighted by atomic mass is 10.2. The number of rotatable bonds is 5. The summed E-state index contributed by atoms with van der Waals surface area (Å²) in [6.45, 7) is 4.35. The fourth-order valence-electron chi connectivity index (χ4n) is 3.05. The molecule has 0 unspecified atom stereocenters. The number of benzene rings is 1. The van der Waals surface area contributed by atoms with E-state index in [9.17, 15) is 8.42 Å². The number of hydrogen-bond donors (Lipinski definition) is 0. The second kappa shape index (κ2) is 7.46. The van der Waals surface area contributed by atoms with Gasteiger partial charge in [0.15, 0.2) is 0 Å². The third kappa shape index (κ3) is 4.43. The maximum absolute atomic E-state index is 11.7. The van der Waals surface area contributed by atoms with Crippen molar-refractivity contribution in [2.45, 2.75) is 19.5 Å². The van der Waals surface area contributed by atoms with Crippen LogP contribution in [0.1, 0.15) is 17.8 Å². The summed E-state index contributed by atoms with van der Waals surface area (Å²) in [5.74, 6) is 1.02. The highest BCUT2D eigenvalue weighted by atomic mass is 32.2. The highest BCUT2D eigenvalue weighted by Crippen LogP contribution is 2.12. The summed E-state index contributed by atoms with van der Waals surface area (Å²) >= 11 is 0. The Balaban J connectivity index is 1.64. The normalized spacial score (nSPS) is 17.7. The van der Waals surface area contributed by atoms with Crippen LogP contribution in [-0.4, -0.2) is 59.6 Å². The Hall–Kier alpha value is -1.70. The number of hydrogen-bond acceptors (Lipinski definition) is 4. The van der Waals surface area contributed by atoms with Crippen LogP contribution in [0, 0.1) is 0 Å². The molecule has 3 rings (SSSR count). The van der Waals surface area contributed by atoms with E-state index in [2.05, 4.69) is 26.6 Å². The molecule has 24 heavy (non-hydrogen) atoms. The van der Waals surface area contributed by atoms with Gasteiger partial charge in [-0.3, -0.25) is 4.90 Å². The fraction of sp³-hybridized carbons (Fsp3) is 0.471. The van der Waals surface area contributed by atoms with E-state index in [1.165, 1.54) is 11.8 Å². The lowest BCUT2D eigenvalue weighted by Gasteiger charge is -2.21. The van der Waals surface area contributed by atoms with E-state index in [0.717, 1.165) is 38.4 Å². The maximum Gasteiger partial charge on any atom is 0.211 e. The molecule has 130 valence electrons. The third-order valence-corrected chi connectivity index (χ3v) is 5.68. The molecule has 0 radical (unpaired) electrons. The summed E-state index contributed by atoms with van der Waals surface area (Å²) < 4.78 is 27.2. The van der Waals surface area contributed by atoms with Crippen molar-refractivity contribution in [3.05, 3.63) is 54.1 Å². The molecular formula is C17H24N4O2S. The molecule has 0 N–H and O–H groups in total. The van der Waals surface area contributed by atoms with Crippen LogP contribution in [-0.2, 0) is 23.1 Å². The molecule has 0 amide bonds. The van der Waals surface area contributed by atoms with E-state index >= 15 is 0 Å². The van der Waals surface area contributed by atoms with Gasteiger partial charge in [0.25, 0.3) is 0 Å². The Morgan fingerprint density at radius 1 is 1.04 bits per heavy atom. The predicted octanol–water partition coefficient (Wildman–Crippen LogP) is 1.40. The second-order valence-electron chi connectivity index (χ2n) is 6.25. The molecule has 1 aromatic heterocycles.